The molecule has 0 amide bonds. The van der Waals surface area contributed by atoms with Gasteiger partial charge in [-0.05, 0) is 0 Å². The van der Waals surface area contributed by atoms with Crippen molar-refractivity contribution in [3.05, 3.63) is 0 Å². The lowest BCUT2D eigenvalue weighted by molar-refractivity contribution is -0.145. The Morgan fingerprint density at radius 2 is 2.33 bits per heavy atom. The van der Waals surface area contributed by atoms with Gasteiger partial charge in [-0.3, -0.25) is 0 Å². The third-order valence-corrected chi connectivity index (χ3v) is 0.551. The highest BCUT2D eigenvalue weighted by Crippen LogP contribution is 1.62. The summed E-state index contributed by atoms with van der Waals surface area (Å²) in [5.41, 5.74) is 0. The molecule has 6 heavy (non-hydrogen) atoms. The van der Waals surface area contributed by atoms with Gasteiger partial charge in [0.05, 0.1) is 0 Å². The van der Waals surface area contributed by atoms with Crippen molar-refractivity contribution in [2.75, 3.05) is 6.61 Å². The average molecular weight is 105 g/mol. The fraction of sp³-hybridized carbons (Fsp3) is 0.500. The summed E-state index contributed by atoms with van der Waals surface area (Å²) in [5.74, 6) is -1.15. The summed E-state index contributed by atoms with van der Waals surface area (Å²) in [6.07, 6.45) is 0. The van der Waals surface area contributed by atoms with Crippen LogP contribution >= 0.6 is 0 Å². The minimum Gasteiger partial charge on any atom is -0.417 e. The highest BCUT2D eigenvalue weighted by Gasteiger charge is 1.91. The van der Waals surface area contributed by atoms with Crippen molar-refractivity contribution >= 4 is 16.5 Å². The normalized spacial score (nSPS) is 8.67. The van der Waals surface area contributed by atoms with E-state index in [0.717, 1.165) is 0 Å². The molecule has 0 heterocycles. The van der Waals surface area contributed by atoms with Gasteiger partial charge in [0.2, 0.25) is 0 Å². The van der Waals surface area contributed by atoms with Crippen LogP contribution in [0, 0.1) is 0 Å². The van der Waals surface area contributed by atoms with Crippen LogP contribution in [-0.4, -0.2) is 23.1 Å². The maximum Gasteiger partial charge on any atom is 0.379 e. The van der Waals surface area contributed by atoms with Crippen LogP contribution in [0.2, 0.25) is 0 Å². The third-order valence-electron chi connectivity index (χ3n) is 0.262. The number of hydrogen-bond acceptors (Lipinski definition) is 2. The van der Waals surface area contributed by atoms with Crippen LogP contribution in [0.3, 0.4) is 0 Å². The molecule has 0 atom stereocenters. The lowest BCUT2D eigenvalue weighted by Crippen LogP contribution is -2.01. The minimum absolute atomic E-state index is 0.258. The molecule has 0 aromatic rings. The second-order valence-electron chi connectivity index (χ2n) is 0.805. The molecule has 3 nitrogen and oxygen atoms in total. The maximum absolute atomic E-state index is 9.39. The monoisotopic (exact) mass is 105 g/mol. The van der Waals surface area contributed by atoms with Crippen molar-refractivity contribution < 1.29 is 14.3 Å². The smallest absolute Gasteiger partial charge is 0.379 e. The highest BCUT2D eigenvalue weighted by molar-refractivity contribution is 5.98. The summed E-state index contributed by atoms with van der Waals surface area (Å²) in [4.78, 5) is 9.39. The standard InChI is InChI=1S/C2H5O3Si/c3-2(4)1-5-6/h1H2,6H3. The number of rotatable bonds is 2. The Balaban J connectivity index is 2.83. The second kappa shape index (κ2) is 2.86. The molecule has 0 aliphatic heterocycles. The molecule has 0 spiro atoms. The SMILES string of the molecule is [O]C(=O)CO[SiH3]. The molecule has 0 fully saturated rings. The van der Waals surface area contributed by atoms with Gasteiger partial charge in [0.1, 0.15) is 17.1 Å². The van der Waals surface area contributed by atoms with Gasteiger partial charge in [-0.2, -0.15) is 0 Å². The van der Waals surface area contributed by atoms with Gasteiger partial charge in [-0.25, -0.2) is 9.90 Å². The van der Waals surface area contributed by atoms with E-state index < -0.39 is 5.97 Å². The molecule has 0 aliphatic carbocycles. The summed E-state index contributed by atoms with van der Waals surface area (Å²) < 4.78 is 4.28. The fourth-order valence-corrected chi connectivity index (χ4v) is 0.354. The van der Waals surface area contributed by atoms with Crippen molar-refractivity contribution in [1.29, 1.82) is 0 Å². The first-order chi connectivity index (χ1) is 2.77. The van der Waals surface area contributed by atoms with Crippen molar-refractivity contribution in [3.63, 3.8) is 0 Å². The molecular weight excluding hydrogens is 100 g/mol. The quantitative estimate of drug-likeness (QED) is 0.390. The van der Waals surface area contributed by atoms with E-state index in [0.29, 0.717) is 10.5 Å². The Labute approximate surface area is 38.5 Å². The number of hydrogen-bond donors (Lipinski definition) is 0. The predicted molar refractivity (Wildman–Crippen MR) is 21.6 cm³/mol. The van der Waals surface area contributed by atoms with Crippen LogP contribution < -0.4 is 0 Å². The van der Waals surface area contributed by atoms with Gasteiger partial charge in [-0.1, -0.05) is 0 Å². The van der Waals surface area contributed by atoms with Gasteiger partial charge in [-0.15, -0.1) is 0 Å². The lowest BCUT2D eigenvalue weighted by Gasteiger charge is -1.81. The fourth-order valence-electron chi connectivity index (χ4n) is 0.118. The van der Waals surface area contributed by atoms with Crippen LogP contribution in [0.25, 0.3) is 0 Å². The Hall–Kier alpha value is -0.353. The maximum atomic E-state index is 9.39. The Bertz CT molecular complexity index is 52.8. The van der Waals surface area contributed by atoms with Crippen LogP contribution in [0.1, 0.15) is 0 Å². The van der Waals surface area contributed by atoms with Crippen molar-refractivity contribution in [2.24, 2.45) is 0 Å². The Morgan fingerprint density at radius 1 is 1.83 bits per heavy atom. The second-order valence-corrected chi connectivity index (χ2v) is 1.38. The van der Waals surface area contributed by atoms with E-state index in [2.05, 4.69) is 4.43 Å². The van der Waals surface area contributed by atoms with E-state index >= 15 is 0 Å². The van der Waals surface area contributed by atoms with Crippen LogP contribution in [0.15, 0.2) is 0 Å². The van der Waals surface area contributed by atoms with Gasteiger partial charge in [0, 0.05) is 0 Å². The van der Waals surface area contributed by atoms with Crippen LogP contribution in [0.4, 0.5) is 0 Å². The van der Waals surface area contributed by atoms with Crippen LogP contribution in [-0.2, 0) is 14.3 Å². The molecule has 4 heteroatoms. The summed E-state index contributed by atoms with van der Waals surface area (Å²) in [6, 6.07) is 0. The summed E-state index contributed by atoms with van der Waals surface area (Å²) >= 11 is 0. The summed E-state index contributed by atoms with van der Waals surface area (Å²) in [7, 11) is 0.466. The molecule has 0 aromatic heterocycles. The largest absolute Gasteiger partial charge is 0.417 e. The first kappa shape index (κ1) is 5.65. The minimum atomic E-state index is -1.15. The molecule has 0 saturated heterocycles. The van der Waals surface area contributed by atoms with Crippen molar-refractivity contribution in [2.45, 2.75) is 0 Å². The number of carbonyl (C=O) groups is 1. The average Bonchev–Trinajstić information content (AvgIpc) is 1.35. The van der Waals surface area contributed by atoms with Crippen molar-refractivity contribution in [3.8, 4) is 0 Å². The molecule has 0 aromatic carbocycles. The first-order valence-electron chi connectivity index (χ1n) is 1.46. The van der Waals surface area contributed by atoms with Gasteiger partial charge in [0.15, 0.2) is 0 Å². The highest BCUT2D eigenvalue weighted by atomic mass is 28.2. The Kier molecular flexibility index (Phi) is 2.69. The molecule has 0 bridgehead atoms. The molecule has 0 saturated carbocycles. The summed E-state index contributed by atoms with van der Waals surface area (Å²) in [5, 5.41) is 9.39. The molecule has 0 N–H and O–H groups in total. The van der Waals surface area contributed by atoms with E-state index in [1.165, 1.54) is 0 Å². The zero-order valence-corrected chi connectivity index (χ0v) is 5.43. The lowest BCUT2D eigenvalue weighted by atomic mass is 10.8. The van der Waals surface area contributed by atoms with Crippen LogP contribution in [0.5, 0.6) is 0 Å². The van der Waals surface area contributed by atoms with E-state index in [-0.39, 0.29) is 6.61 Å². The molecule has 1 radical (unpaired) electrons. The van der Waals surface area contributed by atoms with Gasteiger partial charge >= 0.3 is 5.97 Å². The Morgan fingerprint density at radius 3 is 2.33 bits per heavy atom. The predicted octanol–water partition coefficient (Wildman–Crippen LogP) is -1.76. The van der Waals surface area contributed by atoms with Gasteiger partial charge in [0.25, 0.3) is 0 Å². The molecular formula is C2H5O3Si. The molecule has 0 unspecified atom stereocenters. The topological polar surface area (TPSA) is 46.2 Å². The molecule has 35 valence electrons. The third kappa shape index (κ3) is 3.65. The van der Waals surface area contributed by atoms with E-state index in [4.69, 9.17) is 0 Å². The molecule has 0 aliphatic rings. The summed E-state index contributed by atoms with van der Waals surface area (Å²) in [6.45, 7) is -0.258. The van der Waals surface area contributed by atoms with E-state index in [9.17, 15) is 9.90 Å². The zero-order chi connectivity index (χ0) is 4.99. The van der Waals surface area contributed by atoms with E-state index in [1.54, 1.807) is 0 Å². The zero-order valence-electron chi connectivity index (χ0n) is 3.43. The van der Waals surface area contributed by atoms with Crippen molar-refractivity contribution in [1.82, 2.24) is 0 Å². The molecule has 0 rings (SSSR count). The number of carbonyl (C=O) groups excluding carboxylic acids is 1. The van der Waals surface area contributed by atoms with Gasteiger partial charge < -0.3 is 4.43 Å². The van der Waals surface area contributed by atoms with E-state index in [1.807, 2.05) is 0 Å². The first-order valence-corrected chi connectivity index (χ1v) is 2.28.